The molecular weight excluding hydrogens is 827 g/mol. The van der Waals surface area contributed by atoms with E-state index in [1.165, 1.54) is 122 Å². The second kappa shape index (κ2) is 39.7. The van der Waals surface area contributed by atoms with Crippen LogP contribution in [0.5, 0.6) is 0 Å². The number of nitrogens with one attached hydrogen (secondary N) is 1. The molecule has 8 unspecified atom stereocenters. The Kier molecular flexibility index (Phi) is 37.5. The van der Waals surface area contributed by atoms with Gasteiger partial charge < -0.3 is 40.3 Å². The quantitative estimate of drug-likeness (QED) is 0.0173. The Bertz CT molecular complexity index is 1240. The summed E-state index contributed by atoms with van der Waals surface area (Å²) in [5.41, 5.74) is 0. The van der Waals surface area contributed by atoms with Crippen molar-refractivity contribution in [3.8, 4) is 0 Å². The Balaban J connectivity index is 2.54. The van der Waals surface area contributed by atoms with E-state index in [1.54, 1.807) is 6.08 Å². The SMILES string of the molecule is CCCCCCCCCC/C=C\CCCCCCCCC(O)C(=O)NC(COC1OC(CO)C(O)C(OS(=O)(=O)O)C1O)C(O)/C=C/CCCCCCCCCCCCCCCC. The minimum Gasteiger partial charge on any atom is -0.394 e. The van der Waals surface area contributed by atoms with Gasteiger partial charge in [-0.1, -0.05) is 199 Å². The summed E-state index contributed by atoms with van der Waals surface area (Å²) in [5, 5.41) is 55.3. The van der Waals surface area contributed by atoms with Gasteiger partial charge in [0.2, 0.25) is 5.91 Å². The molecule has 0 aromatic rings. The summed E-state index contributed by atoms with van der Waals surface area (Å²) >= 11 is 0. The zero-order valence-corrected chi connectivity index (χ0v) is 40.3. The van der Waals surface area contributed by atoms with Crippen LogP contribution < -0.4 is 5.32 Å². The van der Waals surface area contributed by atoms with Gasteiger partial charge in [-0.15, -0.1) is 0 Å². The third-order valence-corrected chi connectivity index (χ3v) is 12.5. The lowest BCUT2D eigenvalue weighted by atomic mass is 9.99. The molecule has 0 aromatic heterocycles. The van der Waals surface area contributed by atoms with Crippen molar-refractivity contribution in [2.75, 3.05) is 13.2 Å². The van der Waals surface area contributed by atoms with E-state index < -0.39 is 78.5 Å². The number of aliphatic hydroxyl groups is 5. The number of carbonyl (C=O) groups excluding carboxylic acids is 1. The van der Waals surface area contributed by atoms with E-state index in [2.05, 4.69) is 35.5 Å². The highest BCUT2D eigenvalue weighted by molar-refractivity contribution is 7.80. The Hall–Kier alpha value is -1.46. The van der Waals surface area contributed by atoms with Crippen molar-refractivity contribution in [2.45, 2.75) is 268 Å². The third kappa shape index (κ3) is 32.0. The molecule has 0 spiro atoms. The zero-order valence-electron chi connectivity index (χ0n) is 39.5. The van der Waals surface area contributed by atoms with Gasteiger partial charge in [0.25, 0.3) is 0 Å². The first-order valence-electron chi connectivity index (χ1n) is 25.3. The van der Waals surface area contributed by atoms with E-state index in [4.69, 9.17) is 9.47 Å². The van der Waals surface area contributed by atoms with Crippen LogP contribution in [-0.4, -0.2) is 107 Å². The fraction of sp³-hybridized carbons (Fsp3) is 0.898. The van der Waals surface area contributed by atoms with Gasteiger partial charge in [0, 0.05) is 0 Å². The van der Waals surface area contributed by atoms with Crippen LogP contribution in [0, 0.1) is 0 Å². The van der Waals surface area contributed by atoms with Crippen LogP contribution in [0.2, 0.25) is 0 Å². The highest BCUT2D eigenvalue weighted by Gasteiger charge is 2.48. The summed E-state index contributed by atoms with van der Waals surface area (Å²) in [7, 11) is -5.12. The maximum Gasteiger partial charge on any atom is 0.397 e. The molecule has 1 aliphatic heterocycles. The van der Waals surface area contributed by atoms with Crippen molar-refractivity contribution in [3.63, 3.8) is 0 Å². The molecule has 0 bridgehead atoms. The first-order valence-corrected chi connectivity index (χ1v) is 26.7. The van der Waals surface area contributed by atoms with Crippen LogP contribution in [0.3, 0.4) is 0 Å². The molecular formula is C49H93NO12S. The fourth-order valence-corrected chi connectivity index (χ4v) is 8.55. The third-order valence-electron chi connectivity index (χ3n) is 12.1. The molecule has 372 valence electrons. The largest absolute Gasteiger partial charge is 0.397 e. The number of unbranched alkanes of at least 4 members (excludes halogenated alkanes) is 28. The molecule has 13 nitrogen and oxygen atoms in total. The number of hydrogen-bond donors (Lipinski definition) is 7. The monoisotopic (exact) mass is 920 g/mol. The first-order chi connectivity index (χ1) is 30.4. The fourth-order valence-electron chi connectivity index (χ4n) is 8.04. The minimum absolute atomic E-state index is 0.237. The molecule has 1 amide bonds. The Labute approximate surface area is 383 Å². The molecule has 1 aliphatic rings. The van der Waals surface area contributed by atoms with Crippen molar-refractivity contribution < 1.29 is 57.0 Å². The molecule has 0 radical (unpaired) electrons. The average Bonchev–Trinajstić information content (AvgIpc) is 3.25. The topological polar surface area (TPSA) is 212 Å². The first kappa shape index (κ1) is 59.6. The van der Waals surface area contributed by atoms with Crippen molar-refractivity contribution in [1.29, 1.82) is 0 Å². The van der Waals surface area contributed by atoms with Crippen LogP contribution in [0.4, 0.5) is 0 Å². The van der Waals surface area contributed by atoms with E-state index in [9.17, 15) is 43.3 Å². The van der Waals surface area contributed by atoms with Crippen molar-refractivity contribution in [3.05, 3.63) is 24.3 Å². The number of hydrogen-bond acceptors (Lipinski definition) is 11. The summed E-state index contributed by atoms with van der Waals surface area (Å²) < 4.78 is 47.6. The number of ether oxygens (including phenoxy) is 2. The normalized spacial score (nSPS) is 21.0. The van der Waals surface area contributed by atoms with Crippen molar-refractivity contribution in [2.24, 2.45) is 0 Å². The molecule has 7 N–H and O–H groups in total. The minimum atomic E-state index is -5.12. The molecule has 8 atom stereocenters. The zero-order chi connectivity index (χ0) is 46.4. The summed E-state index contributed by atoms with van der Waals surface area (Å²) in [6.45, 7) is 3.23. The second-order valence-electron chi connectivity index (χ2n) is 17.9. The van der Waals surface area contributed by atoms with Gasteiger partial charge in [-0.25, -0.2) is 4.18 Å². The molecule has 63 heavy (non-hydrogen) atoms. The van der Waals surface area contributed by atoms with Crippen LogP contribution in [0.1, 0.15) is 219 Å². The Morgan fingerprint density at radius 1 is 0.635 bits per heavy atom. The highest BCUT2D eigenvalue weighted by Crippen LogP contribution is 2.26. The Morgan fingerprint density at radius 2 is 1.05 bits per heavy atom. The molecule has 14 heteroatoms. The van der Waals surface area contributed by atoms with Gasteiger partial charge >= 0.3 is 10.4 Å². The molecule has 1 fully saturated rings. The second-order valence-corrected chi connectivity index (χ2v) is 18.9. The number of carbonyl (C=O) groups is 1. The van der Waals surface area contributed by atoms with Crippen molar-refractivity contribution in [1.82, 2.24) is 5.32 Å². The lowest BCUT2D eigenvalue weighted by molar-refractivity contribution is -0.298. The lowest BCUT2D eigenvalue weighted by Crippen LogP contribution is -2.61. The van der Waals surface area contributed by atoms with Crippen molar-refractivity contribution >= 4 is 16.3 Å². The van der Waals surface area contributed by atoms with Gasteiger partial charge in [-0.3, -0.25) is 9.35 Å². The van der Waals surface area contributed by atoms with Crippen LogP contribution in [0.25, 0.3) is 0 Å². The molecule has 1 heterocycles. The van der Waals surface area contributed by atoms with Gasteiger partial charge in [0.1, 0.15) is 30.5 Å². The van der Waals surface area contributed by atoms with E-state index in [0.29, 0.717) is 12.8 Å². The van der Waals surface area contributed by atoms with Crippen LogP contribution in [0.15, 0.2) is 24.3 Å². The summed E-state index contributed by atoms with van der Waals surface area (Å²) in [5.74, 6) is -0.705. The maximum absolute atomic E-state index is 13.1. The van der Waals surface area contributed by atoms with Gasteiger partial charge in [-0.2, -0.15) is 8.42 Å². The summed E-state index contributed by atoms with van der Waals surface area (Å²) in [4.78, 5) is 13.1. The number of rotatable bonds is 43. The predicted molar refractivity (Wildman–Crippen MR) is 251 cm³/mol. The number of amides is 1. The van der Waals surface area contributed by atoms with E-state index in [0.717, 1.165) is 64.2 Å². The van der Waals surface area contributed by atoms with E-state index in [-0.39, 0.29) is 6.42 Å². The average molecular weight is 920 g/mol. The molecule has 0 aromatic carbocycles. The number of allylic oxidation sites excluding steroid dienone is 3. The molecule has 0 aliphatic carbocycles. The smallest absolute Gasteiger partial charge is 0.394 e. The lowest BCUT2D eigenvalue weighted by Gasteiger charge is -2.41. The van der Waals surface area contributed by atoms with Crippen LogP contribution >= 0.6 is 0 Å². The Morgan fingerprint density at radius 3 is 1.48 bits per heavy atom. The highest BCUT2D eigenvalue weighted by atomic mass is 32.3. The summed E-state index contributed by atoms with van der Waals surface area (Å²) in [6.07, 6.45) is 33.9. The van der Waals surface area contributed by atoms with E-state index in [1.807, 2.05) is 6.08 Å². The number of aliphatic hydroxyl groups excluding tert-OH is 5. The molecule has 1 saturated heterocycles. The maximum atomic E-state index is 13.1. The predicted octanol–water partition coefficient (Wildman–Crippen LogP) is 9.47. The standard InChI is InChI=1S/C49H93NO12S/c1-3-5-7-9-11-13-15-17-19-21-22-24-26-28-30-32-34-36-38-43(53)48(56)50-41(40-60-49-46(55)47(62-63(57,58)59)45(54)44(39-51)61-49)42(52)37-35-33-31-29-27-25-23-20-18-16-14-12-10-8-6-4-2/h21-22,35,37,41-47,49,51-55H,3-20,23-34,36,38-40H2,1-2H3,(H,50,56)(H,57,58,59)/b22-21-,37-35+. The molecule has 1 rings (SSSR count). The van der Waals surface area contributed by atoms with Gasteiger partial charge in [0.05, 0.1) is 25.4 Å². The summed E-state index contributed by atoms with van der Waals surface area (Å²) in [6, 6.07) is -1.12. The van der Waals surface area contributed by atoms with Gasteiger partial charge in [0.15, 0.2) is 6.29 Å². The van der Waals surface area contributed by atoms with E-state index >= 15 is 0 Å². The van der Waals surface area contributed by atoms with Crippen LogP contribution in [-0.2, 0) is 28.9 Å². The molecule has 0 saturated carbocycles. The van der Waals surface area contributed by atoms with Gasteiger partial charge in [-0.05, 0) is 44.9 Å².